The van der Waals surface area contributed by atoms with Crippen LogP contribution in [0.3, 0.4) is 0 Å². The molecule has 0 radical (unpaired) electrons. The molecule has 2 N–H and O–H groups in total. The van der Waals surface area contributed by atoms with Crippen LogP contribution in [0.15, 0.2) is 47.6 Å². The lowest BCUT2D eigenvalue weighted by Crippen LogP contribution is -2.38. The van der Waals surface area contributed by atoms with Crippen molar-refractivity contribution >= 4 is 5.96 Å². The Bertz CT molecular complexity index is 793. The van der Waals surface area contributed by atoms with Crippen LogP contribution in [0, 0.1) is 11.7 Å². The van der Waals surface area contributed by atoms with Crippen LogP contribution in [0.5, 0.6) is 11.6 Å². The average molecular weight is 431 g/mol. The molecule has 1 fully saturated rings. The minimum atomic E-state index is -0.301. The fourth-order valence-corrected chi connectivity index (χ4v) is 3.05. The van der Waals surface area contributed by atoms with E-state index < -0.39 is 0 Å². The van der Waals surface area contributed by atoms with Crippen molar-refractivity contribution in [3.8, 4) is 11.6 Å². The maximum atomic E-state index is 13.0. The monoisotopic (exact) mass is 430 g/mol. The van der Waals surface area contributed by atoms with Crippen molar-refractivity contribution in [2.45, 2.75) is 26.3 Å². The van der Waals surface area contributed by atoms with Gasteiger partial charge in [0.1, 0.15) is 11.6 Å². The third-order valence-electron chi connectivity index (χ3n) is 4.73. The first-order valence-electron chi connectivity index (χ1n) is 10.8. The van der Waals surface area contributed by atoms with Crippen molar-refractivity contribution in [1.82, 2.24) is 15.6 Å². The number of rotatable bonds is 11. The molecule has 1 aliphatic rings. The highest BCUT2D eigenvalue weighted by molar-refractivity contribution is 5.79. The van der Waals surface area contributed by atoms with Crippen LogP contribution in [0.25, 0.3) is 0 Å². The number of guanidine groups is 1. The number of ether oxygens (including phenoxy) is 3. The molecule has 3 rings (SSSR count). The Kier molecular flexibility index (Phi) is 9.53. The van der Waals surface area contributed by atoms with E-state index in [9.17, 15) is 4.39 Å². The Labute approximate surface area is 183 Å². The van der Waals surface area contributed by atoms with Gasteiger partial charge in [-0.25, -0.2) is 14.4 Å². The molecular formula is C23H31FN4O3. The minimum Gasteiger partial charge on any atom is -0.439 e. The number of nitrogens with one attached hydrogen (secondary N) is 2. The Morgan fingerprint density at radius 2 is 2.10 bits per heavy atom. The summed E-state index contributed by atoms with van der Waals surface area (Å²) in [6.07, 6.45) is 3.74. The second-order valence-corrected chi connectivity index (χ2v) is 7.34. The zero-order chi connectivity index (χ0) is 21.7. The van der Waals surface area contributed by atoms with Gasteiger partial charge in [0.2, 0.25) is 5.88 Å². The maximum Gasteiger partial charge on any atom is 0.219 e. The highest BCUT2D eigenvalue weighted by Gasteiger charge is 2.15. The van der Waals surface area contributed by atoms with Gasteiger partial charge >= 0.3 is 0 Å². The van der Waals surface area contributed by atoms with Gasteiger partial charge in [0, 0.05) is 44.5 Å². The van der Waals surface area contributed by atoms with Crippen LogP contribution >= 0.6 is 0 Å². The normalized spacial score (nSPS) is 16.3. The second kappa shape index (κ2) is 12.9. The molecule has 1 atom stereocenters. The van der Waals surface area contributed by atoms with Crippen molar-refractivity contribution in [1.29, 1.82) is 0 Å². The van der Waals surface area contributed by atoms with Gasteiger partial charge in [-0.3, -0.25) is 0 Å². The molecule has 1 aliphatic heterocycles. The Hall–Kier alpha value is -2.71. The molecule has 31 heavy (non-hydrogen) atoms. The van der Waals surface area contributed by atoms with E-state index in [1.54, 1.807) is 24.4 Å². The van der Waals surface area contributed by atoms with Crippen LogP contribution < -0.4 is 15.4 Å². The van der Waals surface area contributed by atoms with Crippen LogP contribution in [-0.2, 0) is 16.0 Å². The number of benzene rings is 1. The van der Waals surface area contributed by atoms with E-state index in [2.05, 4.69) is 20.6 Å². The largest absolute Gasteiger partial charge is 0.439 e. The Balaban J connectivity index is 1.38. The third kappa shape index (κ3) is 8.51. The summed E-state index contributed by atoms with van der Waals surface area (Å²) in [5.41, 5.74) is 0.964. The highest BCUT2D eigenvalue weighted by Crippen LogP contribution is 2.19. The Morgan fingerprint density at radius 1 is 1.23 bits per heavy atom. The van der Waals surface area contributed by atoms with E-state index in [4.69, 9.17) is 14.2 Å². The van der Waals surface area contributed by atoms with E-state index in [1.807, 2.05) is 13.0 Å². The lowest BCUT2D eigenvalue weighted by atomic mass is 10.1. The first-order valence-corrected chi connectivity index (χ1v) is 10.8. The molecular weight excluding hydrogens is 399 g/mol. The molecule has 0 saturated carbocycles. The number of halogens is 1. The van der Waals surface area contributed by atoms with E-state index in [1.165, 1.54) is 12.1 Å². The first-order chi connectivity index (χ1) is 15.2. The van der Waals surface area contributed by atoms with E-state index >= 15 is 0 Å². The molecule has 2 aromatic rings. The molecule has 1 unspecified atom stereocenters. The van der Waals surface area contributed by atoms with Gasteiger partial charge in [-0.15, -0.1) is 0 Å². The lowest BCUT2D eigenvalue weighted by Gasteiger charge is -2.12. The predicted octanol–water partition coefficient (Wildman–Crippen LogP) is 3.51. The number of hydrogen-bond acceptors (Lipinski definition) is 5. The first kappa shape index (κ1) is 23.0. The average Bonchev–Trinajstić information content (AvgIpc) is 3.30. The van der Waals surface area contributed by atoms with Gasteiger partial charge in [0.25, 0.3) is 0 Å². The smallest absolute Gasteiger partial charge is 0.219 e. The summed E-state index contributed by atoms with van der Waals surface area (Å²) in [5.74, 6) is 2.00. The van der Waals surface area contributed by atoms with Crippen molar-refractivity contribution in [3.63, 3.8) is 0 Å². The van der Waals surface area contributed by atoms with Crippen LogP contribution in [-0.4, -0.2) is 50.5 Å². The van der Waals surface area contributed by atoms with Gasteiger partial charge in [0.15, 0.2) is 5.96 Å². The van der Waals surface area contributed by atoms with Gasteiger partial charge in [-0.1, -0.05) is 6.07 Å². The second-order valence-electron chi connectivity index (χ2n) is 7.34. The zero-order valence-electron chi connectivity index (χ0n) is 18.0. The summed E-state index contributed by atoms with van der Waals surface area (Å²) >= 11 is 0. The topological polar surface area (TPSA) is 77.0 Å². The lowest BCUT2D eigenvalue weighted by molar-refractivity contribution is 0.0888. The fraction of sp³-hybridized carbons (Fsp3) is 0.478. The standard InChI is InChI=1S/C23H31FN4O3/c1-2-25-23(26-11-3-12-29-16-19-10-13-30-17-19)28-15-18-4-9-22(27-14-18)31-21-7-5-20(24)6-8-21/h4-9,14,19H,2-3,10-13,15-17H2,1H3,(H2,25,26,28). The quantitative estimate of drug-likeness (QED) is 0.323. The third-order valence-corrected chi connectivity index (χ3v) is 4.73. The van der Waals surface area contributed by atoms with Crippen LogP contribution in [0.2, 0.25) is 0 Å². The van der Waals surface area contributed by atoms with Gasteiger partial charge in [-0.2, -0.15) is 0 Å². The number of pyridine rings is 1. The molecule has 0 aliphatic carbocycles. The summed E-state index contributed by atoms with van der Waals surface area (Å²) in [6.45, 7) is 7.29. The van der Waals surface area contributed by atoms with E-state index in [-0.39, 0.29) is 5.82 Å². The molecule has 0 spiro atoms. The van der Waals surface area contributed by atoms with Crippen LogP contribution in [0.1, 0.15) is 25.3 Å². The van der Waals surface area contributed by atoms with Crippen molar-refractivity contribution in [3.05, 3.63) is 54.0 Å². The minimum absolute atomic E-state index is 0.301. The fourth-order valence-electron chi connectivity index (χ4n) is 3.05. The van der Waals surface area contributed by atoms with Gasteiger partial charge in [0.05, 0.1) is 19.8 Å². The highest BCUT2D eigenvalue weighted by atomic mass is 19.1. The van der Waals surface area contributed by atoms with Gasteiger partial charge < -0.3 is 24.8 Å². The zero-order valence-corrected chi connectivity index (χ0v) is 18.0. The maximum absolute atomic E-state index is 13.0. The summed E-state index contributed by atoms with van der Waals surface area (Å²) in [7, 11) is 0. The van der Waals surface area contributed by atoms with Crippen molar-refractivity contribution < 1.29 is 18.6 Å². The summed E-state index contributed by atoms with van der Waals surface area (Å²) in [6, 6.07) is 9.53. The van der Waals surface area contributed by atoms with E-state index in [0.717, 1.165) is 63.9 Å². The summed E-state index contributed by atoms with van der Waals surface area (Å²) in [4.78, 5) is 8.90. The number of nitrogens with zero attached hydrogens (tertiary/aromatic N) is 2. The summed E-state index contributed by atoms with van der Waals surface area (Å²) in [5, 5.41) is 6.57. The van der Waals surface area contributed by atoms with Crippen molar-refractivity contribution in [2.75, 3.05) is 39.5 Å². The Morgan fingerprint density at radius 3 is 2.81 bits per heavy atom. The molecule has 8 heteroatoms. The van der Waals surface area contributed by atoms with Gasteiger partial charge in [-0.05, 0) is 49.6 Å². The molecule has 1 aromatic carbocycles. The molecule has 1 aromatic heterocycles. The number of aromatic nitrogens is 1. The molecule has 1 saturated heterocycles. The number of hydrogen-bond donors (Lipinski definition) is 2. The molecule has 0 amide bonds. The van der Waals surface area contributed by atoms with E-state index in [0.29, 0.717) is 24.1 Å². The SMILES string of the molecule is CCNC(=NCc1ccc(Oc2ccc(F)cc2)nc1)NCCCOCC1CCOC1. The predicted molar refractivity (Wildman–Crippen MR) is 118 cm³/mol. The molecule has 2 heterocycles. The number of aliphatic imine (C=N–C) groups is 1. The van der Waals surface area contributed by atoms with Crippen LogP contribution in [0.4, 0.5) is 4.39 Å². The molecule has 7 nitrogen and oxygen atoms in total. The summed E-state index contributed by atoms with van der Waals surface area (Å²) < 4.78 is 29.7. The molecule has 0 bridgehead atoms. The van der Waals surface area contributed by atoms with Crippen molar-refractivity contribution in [2.24, 2.45) is 10.9 Å². The molecule has 168 valence electrons.